The Balaban J connectivity index is 1.40. The number of benzene rings is 1. The van der Waals surface area contributed by atoms with Crippen LogP contribution in [0.15, 0.2) is 23.4 Å². The van der Waals surface area contributed by atoms with Crippen molar-refractivity contribution in [1.29, 1.82) is 0 Å². The molecular weight excluding hydrogens is 661 g/mol. The number of oxime groups is 1. The molecular formula is C34H45ClFN5O8. The van der Waals surface area contributed by atoms with Crippen LogP contribution >= 0.6 is 11.6 Å². The van der Waals surface area contributed by atoms with Crippen LogP contribution in [0.2, 0.25) is 5.02 Å². The lowest BCUT2D eigenvalue weighted by Gasteiger charge is -2.35. The van der Waals surface area contributed by atoms with Gasteiger partial charge in [0.25, 0.3) is 5.91 Å². The number of alkyl carbamates (subject to hydrolysis) is 1. The van der Waals surface area contributed by atoms with E-state index in [1.165, 1.54) is 23.1 Å². The first-order valence-corrected chi connectivity index (χ1v) is 17.3. The Labute approximate surface area is 290 Å². The van der Waals surface area contributed by atoms with Gasteiger partial charge in [0.1, 0.15) is 24.0 Å². The van der Waals surface area contributed by atoms with Crippen molar-refractivity contribution in [1.82, 2.24) is 20.9 Å². The van der Waals surface area contributed by atoms with Crippen molar-refractivity contribution in [2.75, 3.05) is 19.8 Å². The van der Waals surface area contributed by atoms with Crippen LogP contribution in [0.5, 0.6) is 0 Å². The fourth-order valence-electron chi connectivity index (χ4n) is 6.55. The van der Waals surface area contributed by atoms with Crippen LogP contribution in [0.1, 0.15) is 84.6 Å². The molecule has 5 rings (SSSR count). The van der Waals surface area contributed by atoms with E-state index < -0.39 is 70.7 Å². The maximum atomic E-state index is 14.9. The van der Waals surface area contributed by atoms with E-state index in [0.717, 1.165) is 19.3 Å². The Morgan fingerprint density at radius 3 is 2.53 bits per heavy atom. The van der Waals surface area contributed by atoms with Crippen molar-refractivity contribution in [3.63, 3.8) is 0 Å². The minimum Gasteiger partial charge on any atom is -0.444 e. The van der Waals surface area contributed by atoms with E-state index in [0.29, 0.717) is 19.4 Å². The molecule has 15 heteroatoms. The highest BCUT2D eigenvalue weighted by Crippen LogP contribution is 2.41. The van der Waals surface area contributed by atoms with Crippen LogP contribution in [-0.4, -0.2) is 95.8 Å². The zero-order valence-electron chi connectivity index (χ0n) is 28.3. The van der Waals surface area contributed by atoms with E-state index in [2.05, 4.69) is 21.1 Å². The Morgan fingerprint density at radius 1 is 1.16 bits per heavy atom. The van der Waals surface area contributed by atoms with Gasteiger partial charge in [0, 0.05) is 25.3 Å². The van der Waals surface area contributed by atoms with Crippen molar-refractivity contribution >= 4 is 46.9 Å². The molecule has 0 aromatic heterocycles. The fraction of sp³-hybridized carbons (Fsp3) is 0.647. The van der Waals surface area contributed by atoms with Gasteiger partial charge in [0.05, 0.1) is 42.1 Å². The van der Waals surface area contributed by atoms with Crippen molar-refractivity contribution in [2.24, 2.45) is 10.6 Å². The summed E-state index contributed by atoms with van der Waals surface area (Å²) in [6.07, 6.45) is 2.48. The molecule has 5 atom stereocenters. The zero-order valence-corrected chi connectivity index (χ0v) is 29.1. The number of ether oxygens (including phenoxy) is 2. The van der Waals surface area contributed by atoms with Crippen molar-refractivity contribution in [2.45, 2.75) is 115 Å². The number of halogens is 2. The van der Waals surface area contributed by atoms with Gasteiger partial charge in [0.15, 0.2) is 5.60 Å². The van der Waals surface area contributed by atoms with Crippen LogP contribution in [-0.2, 0) is 33.5 Å². The van der Waals surface area contributed by atoms with Crippen molar-refractivity contribution in [3.8, 4) is 0 Å². The predicted octanol–water partition coefficient (Wildman–Crippen LogP) is 3.40. The number of ketones is 1. The highest BCUT2D eigenvalue weighted by Gasteiger charge is 2.56. The van der Waals surface area contributed by atoms with Crippen molar-refractivity contribution in [3.05, 3.63) is 34.6 Å². The molecule has 3 fully saturated rings. The number of hydrogen-bond donors (Lipinski definition) is 3. The summed E-state index contributed by atoms with van der Waals surface area (Å²) in [7, 11) is 0. The SMILES string of the molecule is CCC[C@H](NC(=O)[C@@H]1C[C@]2(CC(c3c(F)cccc3Cl)=NO2)CN1C(=O)[C@@H](NC(=O)O[C@H]1CCOC1)C(C)(C)C)C(=O)C(=O)NC1CCC1. The van der Waals surface area contributed by atoms with E-state index >= 15 is 0 Å². The smallest absolute Gasteiger partial charge is 0.408 e. The minimum atomic E-state index is -1.24. The normalized spacial score (nSPS) is 24.8. The largest absolute Gasteiger partial charge is 0.444 e. The molecule has 1 spiro atoms. The van der Waals surface area contributed by atoms with Gasteiger partial charge in [-0.3, -0.25) is 19.2 Å². The zero-order chi connectivity index (χ0) is 35.5. The minimum absolute atomic E-state index is 0.0274. The molecule has 3 aliphatic heterocycles. The molecule has 1 aromatic rings. The summed E-state index contributed by atoms with van der Waals surface area (Å²) < 4.78 is 25.6. The monoisotopic (exact) mass is 705 g/mol. The molecule has 0 radical (unpaired) electrons. The van der Waals surface area contributed by atoms with Crippen LogP contribution in [0.3, 0.4) is 0 Å². The van der Waals surface area contributed by atoms with Crippen LogP contribution in [0.4, 0.5) is 9.18 Å². The molecule has 1 aliphatic carbocycles. The Hall–Kier alpha value is -3.78. The van der Waals surface area contributed by atoms with Crippen LogP contribution in [0.25, 0.3) is 0 Å². The molecule has 1 aromatic carbocycles. The predicted molar refractivity (Wildman–Crippen MR) is 176 cm³/mol. The standard InChI is InChI=1S/C34H45ClFN5O8/c1-5-8-23(27(42)30(44)37-19-9-6-10-19)38-29(43)25-16-34(15-24(40-49-34)26-21(35)11-7-12-22(26)36)18-41(25)31(45)28(33(2,3)4)39-32(46)48-20-13-14-47-17-20/h7,11-12,19-20,23,25,28H,5-6,8-10,13-18H2,1-4H3,(H,37,44)(H,38,43)(H,39,46)/t20-,23-,25-,28+,34+/m0/s1. The van der Waals surface area contributed by atoms with Gasteiger partial charge in [0.2, 0.25) is 17.6 Å². The van der Waals surface area contributed by atoms with Gasteiger partial charge in [-0.1, -0.05) is 56.9 Å². The van der Waals surface area contributed by atoms with Gasteiger partial charge < -0.3 is 35.2 Å². The molecule has 2 saturated heterocycles. The molecule has 268 valence electrons. The second-order valence-corrected chi connectivity index (χ2v) is 14.8. The van der Waals surface area contributed by atoms with Gasteiger partial charge >= 0.3 is 6.09 Å². The average Bonchev–Trinajstić information content (AvgIpc) is 3.77. The molecule has 49 heavy (non-hydrogen) atoms. The second kappa shape index (κ2) is 15.0. The maximum Gasteiger partial charge on any atom is 0.408 e. The summed E-state index contributed by atoms with van der Waals surface area (Å²) >= 11 is 6.32. The molecule has 3 heterocycles. The number of carbonyl (C=O) groups is 5. The van der Waals surface area contributed by atoms with Gasteiger partial charge in [-0.25, -0.2) is 9.18 Å². The first-order valence-electron chi connectivity index (χ1n) is 16.9. The second-order valence-electron chi connectivity index (χ2n) is 14.4. The highest BCUT2D eigenvalue weighted by atomic mass is 35.5. The first-order chi connectivity index (χ1) is 23.2. The molecule has 4 amide bonds. The summed E-state index contributed by atoms with van der Waals surface area (Å²) in [5, 5.41) is 12.4. The molecule has 0 unspecified atom stereocenters. The van der Waals surface area contributed by atoms with Gasteiger partial charge in [-0.05, 0) is 43.2 Å². The lowest BCUT2D eigenvalue weighted by atomic mass is 9.85. The summed E-state index contributed by atoms with van der Waals surface area (Å²) in [5.41, 5.74) is -1.80. The lowest BCUT2D eigenvalue weighted by Crippen LogP contribution is -2.59. The Morgan fingerprint density at radius 2 is 1.92 bits per heavy atom. The third-order valence-corrected chi connectivity index (χ3v) is 9.80. The molecule has 4 aliphatic rings. The van der Waals surface area contributed by atoms with Gasteiger partial charge in [-0.15, -0.1) is 0 Å². The third kappa shape index (κ3) is 8.34. The van der Waals surface area contributed by atoms with Crippen molar-refractivity contribution < 1.29 is 42.7 Å². The van der Waals surface area contributed by atoms with Gasteiger partial charge in [-0.2, -0.15) is 0 Å². The first kappa shape index (κ1) is 36.5. The summed E-state index contributed by atoms with van der Waals surface area (Å²) in [5.74, 6) is -3.39. The van der Waals surface area contributed by atoms with Crippen LogP contribution < -0.4 is 16.0 Å². The summed E-state index contributed by atoms with van der Waals surface area (Å²) in [4.78, 5) is 74.7. The number of nitrogens with zero attached hydrogens (tertiary/aromatic N) is 2. The van der Waals surface area contributed by atoms with E-state index in [1.54, 1.807) is 20.8 Å². The number of Topliss-reactive ketones (excluding diaryl/α,β-unsaturated/α-hetero) is 1. The number of amides is 4. The molecule has 13 nitrogen and oxygen atoms in total. The average molecular weight is 706 g/mol. The number of carbonyl (C=O) groups excluding carboxylic acids is 5. The number of nitrogens with one attached hydrogen (secondary N) is 3. The fourth-order valence-corrected chi connectivity index (χ4v) is 6.83. The maximum absolute atomic E-state index is 14.9. The molecule has 0 bridgehead atoms. The number of hydrogen-bond acceptors (Lipinski definition) is 9. The van der Waals surface area contributed by atoms with E-state index in [9.17, 15) is 28.4 Å². The summed E-state index contributed by atoms with van der Waals surface area (Å²) in [6, 6.07) is 0.717. The topological polar surface area (TPSA) is 165 Å². The van der Waals surface area contributed by atoms with E-state index in [4.69, 9.17) is 25.9 Å². The lowest BCUT2D eigenvalue weighted by molar-refractivity contribution is -0.144. The number of rotatable bonds is 11. The molecule has 3 N–H and O–H groups in total. The quantitative estimate of drug-likeness (QED) is 0.295. The highest BCUT2D eigenvalue weighted by molar-refractivity contribution is 6.38. The Bertz CT molecular complexity index is 1470. The third-order valence-electron chi connectivity index (χ3n) is 9.49. The van der Waals surface area contributed by atoms with Crippen LogP contribution in [0, 0.1) is 11.2 Å². The number of likely N-dealkylation sites (tertiary alicyclic amines) is 1. The van der Waals surface area contributed by atoms with E-state index in [1.807, 2.05) is 6.92 Å². The molecule has 1 saturated carbocycles. The van der Waals surface area contributed by atoms with E-state index in [-0.39, 0.29) is 54.8 Å². The Kier molecular flexibility index (Phi) is 11.2. The summed E-state index contributed by atoms with van der Waals surface area (Å²) in [6.45, 7) is 7.68.